The van der Waals surface area contributed by atoms with Crippen molar-refractivity contribution in [1.29, 1.82) is 0 Å². The van der Waals surface area contributed by atoms with E-state index in [1.807, 2.05) is 22.9 Å². The molecular formula is C24H21F3N2O4. The molecular weight excluding hydrogens is 437 g/mol. The minimum absolute atomic E-state index is 0.236. The van der Waals surface area contributed by atoms with E-state index in [-0.39, 0.29) is 5.89 Å². The van der Waals surface area contributed by atoms with Crippen molar-refractivity contribution in [3.05, 3.63) is 71.7 Å². The monoisotopic (exact) mass is 458 g/mol. The predicted molar refractivity (Wildman–Crippen MR) is 115 cm³/mol. The lowest BCUT2D eigenvalue weighted by molar-refractivity contribution is -0.152. The van der Waals surface area contributed by atoms with Crippen LogP contribution < -0.4 is 4.74 Å². The van der Waals surface area contributed by atoms with E-state index < -0.39 is 23.3 Å². The molecule has 0 unspecified atom stereocenters. The van der Waals surface area contributed by atoms with Gasteiger partial charge in [-0.1, -0.05) is 0 Å². The van der Waals surface area contributed by atoms with E-state index in [9.17, 15) is 23.1 Å². The van der Waals surface area contributed by atoms with Crippen molar-refractivity contribution >= 4 is 16.9 Å². The number of carbonyl (C=O) groups is 1. The maximum absolute atomic E-state index is 12.8. The molecule has 0 spiro atoms. The zero-order chi connectivity index (χ0) is 24.0. The highest BCUT2D eigenvalue weighted by atomic mass is 19.4. The summed E-state index contributed by atoms with van der Waals surface area (Å²) in [6, 6.07) is 11.8. The summed E-state index contributed by atoms with van der Waals surface area (Å²) in [7, 11) is 0. The average Bonchev–Trinajstić information content (AvgIpc) is 3.31. The Labute approximate surface area is 187 Å². The molecule has 0 aliphatic carbocycles. The molecule has 33 heavy (non-hydrogen) atoms. The molecule has 4 aromatic rings. The van der Waals surface area contributed by atoms with Crippen LogP contribution >= 0.6 is 0 Å². The highest BCUT2D eigenvalue weighted by molar-refractivity contribution is 5.82. The van der Waals surface area contributed by atoms with Crippen molar-refractivity contribution in [2.45, 2.75) is 39.1 Å². The van der Waals surface area contributed by atoms with Gasteiger partial charge in [-0.2, -0.15) is 13.2 Å². The molecule has 0 aliphatic heterocycles. The summed E-state index contributed by atoms with van der Waals surface area (Å²) in [6.07, 6.45) is -2.55. The number of alkyl halides is 3. The Bertz CT molecular complexity index is 1320. The first-order chi connectivity index (χ1) is 15.4. The first-order valence-corrected chi connectivity index (χ1v) is 10.1. The smallest absolute Gasteiger partial charge is 0.416 e. The number of aromatic nitrogens is 2. The number of carboxylic acid groups (broad SMARTS) is 1. The number of nitrogens with zero attached hydrogens (tertiary/aromatic N) is 2. The summed E-state index contributed by atoms with van der Waals surface area (Å²) in [5.41, 5.74) is -0.255. The van der Waals surface area contributed by atoms with E-state index >= 15 is 0 Å². The number of ether oxygens (including phenoxy) is 1. The van der Waals surface area contributed by atoms with Crippen molar-refractivity contribution in [3.8, 4) is 17.2 Å². The van der Waals surface area contributed by atoms with E-state index in [0.29, 0.717) is 29.3 Å². The van der Waals surface area contributed by atoms with Crippen LogP contribution in [0.2, 0.25) is 0 Å². The van der Waals surface area contributed by atoms with Crippen LogP contribution in [0, 0.1) is 6.92 Å². The molecule has 2 heterocycles. The van der Waals surface area contributed by atoms with Crippen LogP contribution in [-0.2, 0) is 17.5 Å². The van der Waals surface area contributed by atoms with Gasteiger partial charge >= 0.3 is 12.1 Å². The fourth-order valence-corrected chi connectivity index (χ4v) is 3.36. The van der Waals surface area contributed by atoms with Crippen LogP contribution in [0.15, 0.2) is 59.1 Å². The van der Waals surface area contributed by atoms with Gasteiger partial charge in [0.05, 0.1) is 23.3 Å². The summed E-state index contributed by atoms with van der Waals surface area (Å²) < 4.78 is 51.8. The van der Waals surface area contributed by atoms with Crippen molar-refractivity contribution < 1.29 is 32.2 Å². The number of aryl methyl sites for hydroxylation is 1. The van der Waals surface area contributed by atoms with Gasteiger partial charge in [0.1, 0.15) is 11.5 Å². The SMILES string of the molecule is Cc1nc(-c2ccc(C(F)(F)F)cc2)oc1Cn1ccc2ccc(OC(C)(C)C(=O)O)cc21. The number of halogens is 3. The number of oxazole rings is 1. The van der Waals surface area contributed by atoms with Crippen LogP contribution in [0.1, 0.15) is 30.9 Å². The van der Waals surface area contributed by atoms with Gasteiger partial charge in [-0.05, 0) is 68.6 Å². The molecule has 0 saturated carbocycles. The highest BCUT2D eigenvalue weighted by Gasteiger charge is 2.30. The van der Waals surface area contributed by atoms with Crippen molar-refractivity contribution in [1.82, 2.24) is 9.55 Å². The van der Waals surface area contributed by atoms with E-state index in [4.69, 9.17) is 9.15 Å². The zero-order valence-corrected chi connectivity index (χ0v) is 18.1. The predicted octanol–water partition coefficient (Wildman–Crippen LogP) is 5.91. The Morgan fingerprint density at radius 3 is 2.45 bits per heavy atom. The van der Waals surface area contributed by atoms with Crippen LogP contribution in [0.4, 0.5) is 13.2 Å². The summed E-state index contributed by atoms with van der Waals surface area (Å²) in [6.45, 7) is 5.04. The Hall–Kier alpha value is -3.75. The minimum atomic E-state index is -4.41. The third kappa shape index (κ3) is 4.57. The van der Waals surface area contributed by atoms with Crippen molar-refractivity contribution in [2.75, 3.05) is 0 Å². The molecule has 0 amide bonds. The van der Waals surface area contributed by atoms with Gasteiger partial charge in [-0.15, -0.1) is 0 Å². The number of rotatable bonds is 6. The molecule has 2 aromatic heterocycles. The maximum Gasteiger partial charge on any atom is 0.416 e. The van der Waals surface area contributed by atoms with Gasteiger partial charge in [0.25, 0.3) is 0 Å². The molecule has 9 heteroatoms. The molecule has 172 valence electrons. The highest BCUT2D eigenvalue weighted by Crippen LogP contribution is 2.32. The molecule has 0 atom stereocenters. The molecule has 0 aliphatic rings. The van der Waals surface area contributed by atoms with Gasteiger partial charge < -0.3 is 18.8 Å². The topological polar surface area (TPSA) is 77.5 Å². The Balaban J connectivity index is 1.60. The quantitative estimate of drug-likeness (QED) is 0.388. The third-order valence-electron chi connectivity index (χ3n) is 5.30. The number of fused-ring (bicyclic) bond motifs is 1. The lowest BCUT2D eigenvalue weighted by Gasteiger charge is -2.21. The van der Waals surface area contributed by atoms with Gasteiger partial charge in [-0.25, -0.2) is 9.78 Å². The summed E-state index contributed by atoms with van der Waals surface area (Å²) in [5, 5.41) is 10.2. The van der Waals surface area contributed by atoms with Crippen LogP contribution in [0.25, 0.3) is 22.4 Å². The molecule has 6 nitrogen and oxygen atoms in total. The van der Waals surface area contributed by atoms with E-state index in [2.05, 4.69) is 4.98 Å². The van der Waals surface area contributed by atoms with Crippen molar-refractivity contribution in [3.63, 3.8) is 0 Å². The molecule has 1 N–H and O–H groups in total. The summed E-state index contributed by atoms with van der Waals surface area (Å²) >= 11 is 0. The van der Waals surface area contributed by atoms with Crippen LogP contribution in [-0.4, -0.2) is 26.2 Å². The first-order valence-electron chi connectivity index (χ1n) is 10.1. The molecule has 0 radical (unpaired) electrons. The standard InChI is InChI=1S/C24H21F3N2O4/c1-14-20(32-21(28-14)16-4-7-17(8-5-16)24(25,26)27)13-29-11-10-15-6-9-18(12-19(15)29)33-23(2,3)22(30)31/h4-12H,13H2,1-3H3,(H,30,31). The zero-order valence-electron chi connectivity index (χ0n) is 18.1. The fraction of sp³-hybridized carbons (Fsp3) is 0.250. The van der Waals surface area contributed by atoms with Crippen LogP contribution in [0.3, 0.4) is 0 Å². The Morgan fingerprint density at radius 1 is 1.12 bits per heavy atom. The van der Waals surface area contributed by atoms with Crippen LogP contribution in [0.5, 0.6) is 5.75 Å². The molecule has 0 saturated heterocycles. The lowest BCUT2D eigenvalue weighted by atomic mass is 10.1. The number of hydrogen-bond acceptors (Lipinski definition) is 4. The minimum Gasteiger partial charge on any atom is -0.478 e. The lowest BCUT2D eigenvalue weighted by Crippen LogP contribution is -2.37. The number of benzene rings is 2. The van der Waals surface area contributed by atoms with E-state index in [0.717, 1.165) is 23.0 Å². The fourth-order valence-electron chi connectivity index (χ4n) is 3.36. The molecule has 4 rings (SSSR count). The normalized spacial score (nSPS) is 12.3. The average molecular weight is 458 g/mol. The third-order valence-corrected chi connectivity index (χ3v) is 5.30. The van der Waals surface area contributed by atoms with E-state index in [1.165, 1.54) is 26.0 Å². The molecule has 2 aromatic carbocycles. The van der Waals surface area contributed by atoms with Crippen molar-refractivity contribution in [2.24, 2.45) is 0 Å². The van der Waals surface area contributed by atoms with Gasteiger partial charge in [0.2, 0.25) is 5.89 Å². The largest absolute Gasteiger partial charge is 0.478 e. The summed E-state index contributed by atoms with van der Waals surface area (Å²) in [5.74, 6) is 0.125. The Kier molecular flexibility index (Phi) is 5.43. The van der Waals surface area contributed by atoms with Gasteiger partial charge in [0.15, 0.2) is 5.60 Å². The number of aliphatic carboxylic acids is 1. The van der Waals surface area contributed by atoms with Gasteiger partial charge in [0, 0.05) is 17.8 Å². The summed E-state index contributed by atoms with van der Waals surface area (Å²) in [4.78, 5) is 15.7. The molecule has 0 fully saturated rings. The second-order valence-electron chi connectivity index (χ2n) is 8.18. The van der Waals surface area contributed by atoms with E-state index in [1.54, 1.807) is 19.1 Å². The van der Waals surface area contributed by atoms with Gasteiger partial charge in [-0.3, -0.25) is 0 Å². The second kappa shape index (κ2) is 7.99. The Morgan fingerprint density at radius 2 is 1.82 bits per heavy atom. The first kappa shape index (κ1) is 22.4. The molecule has 0 bridgehead atoms. The number of hydrogen-bond donors (Lipinski definition) is 1. The second-order valence-corrected chi connectivity index (χ2v) is 8.18. The maximum atomic E-state index is 12.8. The number of carboxylic acids is 1.